The monoisotopic (exact) mass is 312 g/mol. The predicted molar refractivity (Wildman–Crippen MR) is 87.9 cm³/mol. The van der Waals surface area contributed by atoms with E-state index in [2.05, 4.69) is 0 Å². The molecular weight excluding hydrogens is 284 g/mol. The van der Waals surface area contributed by atoms with Gasteiger partial charge in [-0.25, -0.2) is 0 Å². The van der Waals surface area contributed by atoms with Crippen LogP contribution in [-0.2, 0) is 6.42 Å². The Labute approximate surface area is 131 Å². The van der Waals surface area contributed by atoms with Crippen LogP contribution in [0.5, 0.6) is 0 Å². The summed E-state index contributed by atoms with van der Waals surface area (Å²) in [7, 11) is 0. The number of nitrogens with two attached hydrogens (primary N) is 1. The second kappa shape index (κ2) is 9.63. The lowest BCUT2D eigenvalue weighted by atomic mass is 10.1. The van der Waals surface area contributed by atoms with Crippen molar-refractivity contribution in [2.75, 3.05) is 36.9 Å². The maximum atomic E-state index is 9.54. The van der Waals surface area contributed by atoms with Gasteiger partial charge in [0.25, 0.3) is 0 Å². The molecule has 0 heterocycles. The maximum absolute atomic E-state index is 9.54. The highest BCUT2D eigenvalue weighted by Crippen LogP contribution is 2.22. The Morgan fingerprint density at radius 2 is 1.59 bits per heavy atom. The molecule has 1 rings (SSSR count). The fraction of sp³-hybridized carbons (Fsp3) is 0.625. The first kappa shape index (κ1) is 18.7. The van der Waals surface area contributed by atoms with Gasteiger partial charge in [0.15, 0.2) is 0 Å². The van der Waals surface area contributed by atoms with Gasteiger partial charge < -0.3 is 31.1 Å². The Bertz CT molecular complexity index is 428. The Morgan fingerprint density at radius 3 is 2.05 bits per heavy atom. The van der Waals surface area contributed by atoms with Crippen LogP contribution >= 0.6 is 0 Å². The number of rotatable bonds is 10. The fourth-order valence-corrected chi connectivity index (χ4v) is 2.26. The van der Waals surface area contributed by atoms with Crippen molar-refractivity contribution >= 4 is 11.4 Å². The zero-order valence-electron chi connectivity index (χ0n) is 13.1. The van der Waals surface area contributed by atoms with E-state index in [1.165, 1.54) is 0 Å². The van der Waals surface area contributed by atoms with E-state index < -0.39 is 12.2 Å². The van der Waals surface area contributed by atoms with Crippen LogP contribution in [0.3, 0.4) is 0 Å². The van der Waals surface area contributed by atoms with Crippen LogP contribution in [-0.4, -0.2) is 58.9 Å². The van der Waals surface area contributed by atoms with Crippen molar-refractivity contribution in [3.8, 4) is 0 Å². The van der Waals surface area contributed by atoms with Crippen LogP contribution in [0.2, 0.25) is 0 Å². The number of hydrogen-bond acceptors (Lipinski definition) is 6. The van der Waals surface area contributed by atoms with E-state index in [4.69, 9.17) is 15.9 Å². The molecule has 6 nitrogen and oxygen atoms in total. The van der Waals surface area contributed by atoms with Gasteiger partial charge in [-0.05, 0) is 43.0 Å². The summed E-state index contributed by atoms with van der Waals surface area (Å²) in [5.74, 6) is 0. The van der Waals surface area contributed by atoms with Crippen molar-refractivity contribution in [2.24, 2.45) is 0 Å². The summed E-state index contributed by atoms with van der Waals surface area (Å²) in [4.78, 5) is 2.02. The molecular formula is C16H28N2O4. The van der Waals surface area contributed by atoms with Gasteiger partial charge in [0.1, 0.15) is 0 Å². The molecule has 1 aromatic carbocycles. The topological polar surface area (TPSA) is 110 Å². The highest BCUT2D eigenvalue weighted by atomic mass is 16.3. The third-order valence-electron chi connectivity index (χ3n) is 3.76. The highest BCUT2D eigenvalue weighted by Gasteiger charge is 2.13. The van der Waals surface area contributed by atoms with Gasteiger partial charge in [0.2, 0.25) is 0 Å². The fourth-order valence-electron chi connectivity index (χ4n) is 2.26. The number of aliphatic hydroxyl groups is 4. The first-order chi connectivity index (χ1) is 10.5. The molecule has 126 valence electrons. The SMILES string of the molecule is CCc1cc(N(CCC(O)CO)CCC(O)CO)ccc1N. The zero-order valence-corrected chi connectivity index (χ0v) is 13.1. The summed E-state index contributed by atoms with van der Waals surface area (Å²) in [6.45, 7) is 2.59. The van der Waals surface area contributed by atoms with E-state index in [0.717, 1.165) is 23.4 Å². The first-order valence-corrected chi connectivity index (χ1v) is 7.73. The van der Waals surface area contributed by atoms with Gasteiger partial charge in [-0.3, -0.25) is 0 Å². The lowest BCUT2D eigenvalue weighted by molar-refractivity contribution is 0.0854. The molecule has 0 aliphatic heterocycles. The van der Waals surface area contributed by atoms with Crippen LogP contribution in [0.25, 0.3) is 0 Å². The molecule has 0 saturated carbocycles. The van der Waals surface area contributed by atoms with Crippen molar-refractivity contribution in [3.63, 3.8) is 0 Å². The number of aryl methyl sites for hydroxylation is 1. The largest absolute Gasteiger partial charge is 0.399 e. The predicted octanol–water partition coefficient (Wildman–Crippen LogP) is 0.124. The van der Waals surface area contributed by atoms with Crippen molar-refractivity contribution in [1.29, 1.82) is 0 Å². The molecule has 0 aliphatic rings. The lowest BCUT2D eigenvalue weighted by Gasteiger charge is -2.27. The molecule has 0 saturated heterocycles. The summed E-state index contributed by atoms with van der Waals surface area (Å²) in [5.41, 5.74) is 8.68. The van der Waals surface area contributed by atoms with Crippen LogP contribution in [0.4, 0.5) is 11.4 Å². The molecule has 0 radical (unpaired) electrons. The standard InChI is InChI=1S/C16H28N2O4/c1-2-12-9-13(3-4-16(12)17)18(7-5-14(21)10-19)8-6-15(22)11-20/h3-4,9,14-15,19-22H,2,5-8,10-11,17H2,1H3. The third-order valence-corrected chi connectivity index (χ3v) is 3.76. The van der Waals surface area contributed by atoms with Crippen molar-refractivity contribution in [2.45, 2.75) is 38.4 Å². The van der Waals surface area contributed by atoms with E-state index in [-0.39, 0.29) is 13.2 Å². The number of nitrogens with zero attached hydrogens (tertiary/aromatic N) is 1. The van der Waals surface area contributed by atoms with Crippen LogP contribution in [0.15, 0.2) is 18.2 Å². The molecule has 1 aromatic rings. The second-order valence-electron chi connectivity index (χ2n) is 5.47. The minimum Gasteiger partial charge on any atom is -0.399 e. The molecule has 0 bridgehead atoms. The van der Waals surface area contributed by atoms with Crippen LogP contribution < -0.4 is 10.6 Å². The molecule has 2 atom stereocenters. The Hall–Kier alpha value is -1.34. The molecule has 6 heteroatoms. The van der Waals surface area contributed by atoms with Crippen molar-refractivity contribution < 1.29 is 20.4 Å². The van der Waals surface area contributed by atoms with Gasteiger partial charge in [0, 0.05) is 24.5 Å². The third kappa shape index (κ3) is 5.81. The maximum Gasteiger partial charge on any atom is 0.0787 e. The molecule has 22 heavy (non-hydrogen) atoms. The molecule has 0 fully saturated rings. The molecule has 0 spiro atoms. The van der Waals surface area contributed by atoms with Gasteiger partial charge in [0.05, 0.1) is 25.4 Å². The van der Waals surface area contributed by atoms with E-state index in [9.17, 15) is 10.2 Å². The smallest absolute Gasteiger partial charge is 0.0787 e. The quantitative estimate of drug-likeness (QED) is 0.393. The first-order valence-electron chi connectivity index (χ1n) is 7.73. The second-order valence-corrected chi connectivity index (χ2v) is 5.47. The summed E-state index contributed by atoms with van der Waals surface area (Å²) in [5, 5.41) is 36.9. The summed E-state index contributed by atoms with van der Waals surface area (Å²) in [6, 6.07) is 5.77. The van der Waals surface area contributed by atoms with Gasteiger partial charge in [-0.2, -0.15) is 0 Å². The molecule has 0 amide bonds. The Balaban J connectivity index is 2.82. The minimum absolute atomic E-state index is 0.269. The summed E-state index contributed by atoms with van der Waals surface area (Å²) in [6.07, 6.45) is 0.163. The van der Waals surface area contributed by atoms with Crippen molar-refractivity contribution in [3.05, 3.63) is 23.8 Å². The molecule has 0 aliphatic carbocycles. The van der Waals surface area contributed by atoms with E-state index in [1.807, 2.05) is 30.0 Å². The van der Waals surface area contributed by atoms with Gasteiger partial charge in [-0.15, -0.1) is 0 Å². The normalized spacial score (nSPS) is 13.9. The van der Waals surface area contributed by atoms with E-state index >= 15 is 0 Å². The van der Waals surface area contributed by atoms with Crippen molar-refractivity contribution in [1.82, 2.24) is 0 Å². The average Bonchev–Trinajstić information content (AvgIpc) is 2.54. The zero-order chi connectivity index (χ0) is 16.5. The number of hydrogen-bond donors (Lipinski definition) is 5. The Kier molecular flexibility index (Phi) is 8.19. The Morgan fingerprint density at radius 1 is 1.05 bits per heavy atom. The molecule has 2 unspecified atom stereocenters. The molecule has 0 aromatic heterocycles. The number of anilines is 2. The summed E-state index contributed by atoms with van der Waals surface area (Å²) >= 11 is 0. The number of aliphatic hydroxyl groups excluding tert-OH is 4. The number of nitrogen functional groups attached to an aromatic ring is 1. The van der Waals surface area contributed by atoms with Crippen LogP contribution in [0.1, 0.15) is 25.3 Å². The van der Waals surface area contributed by atoms with Gasteiger partial charge in [-0.1, -0.05) is 6.92 Å². The highest BCUT2D eigenvalue weighted by molar-refractivity contribution is 5.58. The molecule has 6 N–H and O–H groups in total. The van der Waals surface area contributed by atoms with Crippen LogP contribution in [0, 0.1) is 0 Å². The minimum atomic E-state index is -0.760. The van der Waals surface area contributed by atoms with E-state index in [0.29, 0.717) is 25.9 Å². The average molecular weight is 312 g/mol. The summed E-state index contributed by atoms with van der Waals surface area (Å²) < 4.78 is 0. The number of benzene rings is 1. The van der Waals surface area contributed by atoms with E-state index in [1.54, 1.807) is 0 Å². The van der Waals surface area contributed by atoms with Gasteiger partial charge >= 0.3 is 0 Å². The lowest BCUT2D eigenvalue weighted by Crippen LogP contribution is -2.32.